The summed E-state index contributed by atoms with van der Waals surface area (Å²) >= 11 is 0. The quantitative estimate of drug-likeness (QED) is 0.150. The summed E-state index contributed by atoms with van der Waals surface area (Å²) in [4.78, 5) is 4.69. The van der Waals surface area contributed by atoms with Crippen LogP contribution in [0.5, 0.6) is 28.9 Å². The summed E-state index contributed by atoms with van der Waals surface area (Å²) < 4.78 is 63.1. The summed E-state index contributed by atoms with van der Waals surface area (Å²) in [6, 6.07) is 20.8. The molecule has 0 unspecified atom stereocenters. The van der Waals surface area contributed by atoms with Crippen LogP contribution in [0.15, 0.2) is 72.8 Å². The number of hydrogen-bond donors (Lipinski definition) is 1. The van der Waals surface area contributed by atoms with Crippen LogP contribution in [0.25, 0.3) is 16.9 Å². The number of pyridine rings is 1. The fraction of sp³-hybridized carbons (Fsp3) is 0.306. The lowest BCUT2D eigenvalue weighted by atomic mass is 10.1. The van der Waals surface area contributed by atoms with Crippen molar-refractivity contribution in [1.29, 1.82) is 0 Å². The summed E-state index contributed by atoms with van der Waals surface area (Å²) in [5.74, 6) is 1.15. The smallest absolute Gasteiger partial charge is 0.201 e. The van der Waals surface area contributed by atoms with E-state index in [0.29, 0.717) is 47.7 Å². The number of fused-ring (bicyclic) bond motifs is 2. The number of aromatic nitrogens is 2. The number of halogens is 2. The summed E-state index contributed by atoms with van der Waals surface area (Å²) in [6.45, 7) is 9.52. The van der Waals surface area contributed by atoms with Crippen molar-refractivity contribution in [1.82, 2.24) is 9.38 Å². The van der Waals surface area contributed by atoms with Gasteiger partial charge in [-0.05, 0) is 76.6 Å². The third-order valence-electron chi connectivity index (χ3n) is 8.07. The van der Waals surface area contributed by atoms with E-state index >= 15 is 8.78 Å². The Balaban J connectivity index is 1.38. The molecule has 5 aromatic rings. The van der Waals surface area contributed by atoms with E-state index in [-0.39, 0.29) is 35.0 Å². The second-order valence-corrected chi connectivity index (χ2v) is 16.4. The minimum absolute atomic E-state index is 0.0656. The maximum atomic E-state index is 16.0. The van der Waals surface area contributed by atoms with Crippen molar-refractivity contribution >= 4 is 27.5 Å². The lowest BCUT2D eigenvalue weighted by molar-refractivity contribution is 0.171. The monoisotopic (exact) mass is 663 g/mol. The number of ether oxygens (including phenoxy) is 4. The van der Waals surface area contributed by atoms with Crippen LogP contribution in [0, 0.1) is 18.6 Å². The van der Waals surface area contributed by atoms with Crippen molar-refractivity contribution in [3.8, 4) is 40.1 Å². The van der Waals surface area contributed by atoms with Crippen LogP contribution >= 0.6 is 10.3 Å². The molecule has 0 amide bonds. The Morgan fingerprint density at radius 3 is 2.23 bits per heavy atom. The first-order valence-electron chi connectivity index (χ1n) is 15.3. The summed E-state index contributed by atoms with van der Waals surface area (Å²) in [5.41, 5.74) is 1.94. The fourth-order valence-corrected chi connectivity index (χ4v) is 5.68. The second kappa shape index (κ2) is 12.9. The molecule has 1 N–H and O–H groups in total. The summed E-state index contributed by atoms with van der Waals surface area (Å²) in [7, 11) is -1.69. The van der Waals surface area contributed by atoms with E-state index < -0.39 is 21.9 Å². The zero-order valence-corrected chi connectivity index (χ0v) is 28.2. The van der Waals surface area contributed by atoms with Crippen molar-refractivity contribution in [3.63, 3.8) is 0 Å². The molecule has 3 aromatic carbocycles. The lowest BCUT2D eigenvalue weighted by Gasteiger charge is -2.43. The SMILES string of the molecule is Cc1ccc(OCCOc2cccc3nc(-c4c(F)cc(OS(C)(C)C(C)(C)C)cc4F)c(Nc4ccc5c(c4)OCCO5)n23)cc1. The minimum atomic E-state index is -1.69. The normalized spacial score (nSPS) is 13.4. The molecule has 11 heteroatoms. The van der Waals surface area contributed by atoms with Crippen LogP contribution in [-0.2, 0) is 0 Å². The van der Waals surface area contributed by atoms with Gasteiger partial charge in [-0.15, -0.1) is 0 Å². The van der Waals surface area contributed by atoms with Crippen LogP contribution in [0.2, 0.25) is 0 Å². The van der Waals surface area contributed by atoms with Crippen molar-refractivity contribution in [2.45, 2.75) is 32.4 Å². The molecular formula is C36H39F2N3O5S. The first kappa shape index (κ1) is 32.3. The molecule has 2 aromatic heterocycles. The Kier molecular flexibility index (Phi) is 8.84. The molecule has 248 valence electrons. The van der Waals surface area contributed by atoms with Crippen LogP contribution in [0.3, 0.4) is 0 Å². The Labute approximate surface area is 275 Å². The van der Waals surface area contributed by atoms with E-state index in [1.54, 1.807) is 40.8 Å². The first-order chi connectivity index (χ1) is 22.4. The fourth-order valence-electron chi connectivity index (χ4n) is 4.85. The van der Waals surface area contributed by atoms with Gasteiger partial charge in [-0.3, -0.25) is 0 Å². The van der Waals surface area contributed by atoms with Gasteiger partial charge in [-0.2, -0.15) is 0 Å². The first-order valence-corrected chi connectivity index (χ1v) is 17.7. The predicted octanol–water partition coefficient (Wildman–Crippen LogP) is 8.72. The number of aryl methyl sites for hydroxylation is 1. The molecule has 0 atom stereocenters. The Morgan fingerprint density at radius 1 is 0.851 bits per heavy atom. The van der Waals surface area contributed by atoms with Gasteiger partial charge in [0.2, 0.25) is 5.88 Å². The molecule has 0 fully saturated rings. The summed E-state index contributed by atoms with van der Waals surface area (Å²) in [6.07, 6.45) is 3.95. The predicted molar refractivity (Wildman–Crippen MR) is 183 cm³/mol. The van der Waals surface area contributed by atoms with Crippen LogP contribution < -0.4 is 28.4 Å². The van der Waals surface area contributed by atoms with E-state index in [1.807, 2.05) is 64.5 Å². The van der Waals surface area contributed by atoms with E-state index in [9.17, 15) is 0 Å². The van der Waals surface area contributed by atoms with E-state index in [2.05, 4.69) is 5.32 Å². The number of nitrogens with one attached hydrogen (secondary N) is 1. The number of rotatable bonds is 10. The van der Waals surface area contributed by atoms with Gasteiger partial charge in [-0.25, -0.2) is 18.2 Å². The molecule has 8 nitrogen and oxygen atoms in total. The molecule has 0 saturated carbocycles. The highest BCUT2D eigenvalue weighted by Crippen LogP contribution is 2.54. The molecule has 1 aliphatic rings. The van der Waals surface area contributed by atoms with Gasteiger partial charge in [0.25, 0.3) is 0 Å². The van der Waals surface area contributed by atoms with Crippen molar-refractivity contribution in [2.75, 3.05) is 44.3 Å². The van der Waals surface area contributed by atoms with Crippen molar-refractivity contribution in [3.05, 3.63) is 90.0 Å². The van der Waals surface area contributed by atoms with Gasteiger partial charge in [0, 0.05) is 28.6 Å². The van der Waals surface area contributed by atoms with E-state index in [1.165, 1.54) is 12.1 Å². The zero-order chi connectivity index (χ0) is 33.3. The van der Waals surface area contributed by atoms with Gasteiger partial charge in [0.05, 0.1) is 5.56 Å². The second-order valence-electron chi connectivity index (χ2n) is 12.6. The van der Waals surface area contributed by atoms with Gasteiger partial charge < -0.3 is 28.4 Å². The molecule has 0 aliphatic carbocycles. The molecule has 1 aliphatic heterocycles. The van der Waals surface area contributed by atoms with Gasteiger partial charge >= 0.3 is 0 Å². The van der Waals surface area contributed by atoms with E-state index in [4.69, 9.17) is 28.1 Å². The topological polar surface area (TPSA) is 75.5 Å². The largest absolute Gasteiger partial charge is 0.490 e. The lowest BCUT2D eigenvalue weighted by Crippen LogP contribution is -2.27. The van der Waals surface area contributed by atoms with Crippen molar-refractivity contribution in [2.24, 2.45) is 0 Å². The third-order valence-corrected chi connectivity index (χ3v) is 11.6. The molecule has 3 heterocycles. The molecule has 0 radical (unpaired) electrons. The van der Waals surface area contributed by atoms with Crippen molar-refractivity contribution < 1.29 is 31.9 Å². The van der Waals surface area contributed by atoms with Crippen LogP contribution in [0.1, 0.15) is 26.3 Å². The minimum Gasteiger partial charge on any atom is -0.490 e. The molecule has 0 bridgehead atoms. The molecule has 0 saturated heterocycles. The van der Waals surface area contributed by atoms with Crippen LogP contribution in [0.4, 0.5) is 20.3 Å². The number of imidazole rings is 1. The number of anilines is 2. The molecule has 0 spiro atoms. The number of nitrogens with zero attached hydrogens (tertiary/aromatic N) is 2. The standard InChI is InChI=1S/C36H39F2N3O5S/c1-23-10-13-25(14-11-23)42-16-19-45-32-9-7-8-31-40-34(33-27(37)21-26(22-28(33)38)46-47(5,6)36(2,3)4)35(41(31)32)39-24-12-15-29-30(20-24)44-18-17-43-29/h7-15,20-22,39H,16-19H2,1-6H3. The number of benzene rings is 3. The maximum Gasteiger partial charge on any atom is 0.201 e. The Morgan fingerprint density at radius 2 is 1.53 bits per heavy atom. The van der Waals surface area contributed by atoms with Gasteiger partial charge in [-0.1, -0.05) is 34.1 Å². The Bertz CT molecular complexity index is 1880. The average Bonchev–Trinajstić information content (AvgIpc) is 3.37. The molecule has 6 rings (SSSR count). The highest BCUT2D eigenvalue weighted by molar-refractivity contribution is 8.30. The third kappa shape index (κ3) is 6.90. The van der Waals surface area contributed by atoms with Gasteiger partial charge in [0.15, 0.2) is 11.5 Å². The highest BCUT2D eigenvalue weighted by atomic mass is 32.3. The Hall–Kier alpha value is -4.64. The van der Waals surface area contributed by atoms with E-state index in [0.717, 1.165) is 11.3 Å². The zero-order valence-electron chi connectivity index (χ0n) is 27.4. The summed E-state index contributed by atoms with van der Waals surface area (Å²) in [5, 5.41) is 3.33. The van der Waals surface area contributed by atoms with Gasteiger partial charge in [0.1, 0.15) is 66.7 Å². The number of hydrogen-bond acceptors (Lipinski definition) is 7. The highest BCUT2D eigenvalue weighted by Gasteiger charge is 2.31. The average molecular weight is 664 g/mol. The maximum absolute atomic E-state index is 16.0. The molecule has 47 heavy (non-hydrogen) atoms. The van der Waals surface area contributed by atoms with Crippen LogP contribution in [-0.4, -0.2) is 53.1 Å². The molecular weight excluding hydrogens is 624 g/mol.